The Morgan fingerprint density at radius 2 is 2.06 bits per heavy atom. The zero-order valence-corrected chi connectivity index (χ0v) is 12.9. The molecule has 0 aliphatic rings. The summed E-state index contributed by atoms with van der Waals surface area (Å²) in [4.78, 5) is 10.1. The first-order valence-electron chi connectivity index (χ1n) is 5.98. The number of hydrogen-bond acceptors (Lipinski definition) is 5. The van der Waals surface area contributed by atoms with E-state index in [2.05, 4.69) is 36.1 Å². The predicted molar refractivity (Wildman–Crippen MR) is 78.3 cm³/mol. The van der Waals surface area contributed by atoms with Crippen LogP contribution in [-0.2, 0) is 11.8 Å². The van der Waals surface area contributed by atoms with E-state index in [1.54, 1.807) is 22.7 Å². The molecular weight excluding hydrogens is 262 g/mol. The average molecular weight is 281 g/mol. The molecule has 0 aliphatic heterocycles. The van der Waals surface area contributed by atoms with Crippen molar-refractivity contribution in [1.82, 2.24) is 9.97 Å². The van der Waals surface area contributed by atoms with Crippen LogP contribution in [0.5, 0.6) is 0 Å². The number of nitrogens with zero attached hydrogens (tertiary/aromatic N) is 2. The minimum atomic E-state index is 0.0106. The van der Waals surface area contributed by atoms with E-state index >= 15 is 0 Å². The van der Waals surface area contributed by atoms with Crippen LogP contribution < -0.4 is 5.73 Å². The van der Waals surface area contributed by atoms with Crippen LogP contribution in [0.1, 0.15) is 48.1 Å². The molecule has 2 rings (SSSR count). The van der Waals surface area contributed by atoms with Gasteiger partial charge in [-0.05, 0) is 6.92 Å². The van der Waals surface area contributed by atoms with E-state index in [0.29, 0.717) is 0 Å². The minimum Gasteiger partial charge on any atom is -0.323 e. The van der Waals surface area contributed by atoms with Crippen LogP contribution in [0, 0.1) is 6.92 Å². The number of hydrogen-bond donors (Lipinski definition) is 1. The fraction of sp³-hybridized carbons (Fsp3) is 0.538. The van der Waals surface area contributed by atoms with Gasteiger partial charge in [-0.1, -0.05) is 20.8 Å². The Balaban J connectivity index is 2.11. The topological polar surface area (TPSA) is 51.8 Å². The second kappa shape index (κ2) is 5.07. The number of rotatable bonds is 3. The summed E-state index contributed by atoms with van der Waals surface area (Å²) in [6.07, 6.45) is 0.795. The van der Waals surface area contributed by atoms with Gasteiger partial charge in [-0.2, -0.15) is 0 Å². The summed E-state index contributed by atoms with van der Waals surface area (Å²) in [5.41, 5.74) is 10.4. The maximum atomic E-state index is 6.23. The van der Waals surface area contributed by atoms with Crippen molar-refractivity contribution >= 4 is 22.7 Å². The highest BCUT2D eigenvalue weighted by Gasteiger charge is 2.19. The van der Waals surface area contributed by atoms with Gasteiger partial charge in [0.1, 0.15) is 0 Å². The number of aryl methyl sites for hydroxylation is 1. The molecule has 18 heavy (non-hydrogen) atoms. The third kappa shape index (κ3) is 2.96. The zero-order valence-electron chi connectivity index (χ0n) is 11.2. The van der Waals surface area contributed by atoms with E-state index < -0.39 is 0 Å². The van der Waals surface area contributed by atoms with Crippen LogP contribution in [0.25, 0.3) is 0 Å². The van der Waals surface area contributed by atoms with Gasteiger partial charge >= 0.3 is 0 Å². The second-order valence-corrected chi connectivity index (χ2v) is 7.32. The third-order valence-electron chi connectivity index (χ3n) is 2.83. The van der Waals surface area contributed by atoms with Gasteiger partial charge in [-0.3, -0.25) is 0 Å². The Bertz CT molecular complexity index is 522. The molecule has 0 aromatic carbocycles. The molecule has 2 N–H and O–H groups in total. The highest BCUT2D eigenvalue weighted by molar-refractivity contribution is 7.10. The van der Waals surface area contributed by atoms with Crippen LogP contribution in [-0.4, -0.2) is 9.97 Å². The normalized spacial score (nSPS) is 13.8. The average Bonchev–Trinajstić information content (AvgIpc) is 2.85. The molecule has 98 valence electrons. The van der Waals surface area contributed by atoms with Gasteiger partial charge in [0.15, 0.2) is 0 Å². The third-order valence-corrected chi connectivity index (χ3v) is 4.77. The number of nitrogens with two attached hydrogens (primary N) is 1. The van der Waals surface area contributed by atoms with Crippen molar-refractivity contribution in [3.63, 3.8) is 0 Å². The first-order chi connectivity index (χ1) is 8.38. The molecule has 2 heterocycles. The van der Waals surface area contributed by atoms with Crippen LogP contribution in [0.4, 0.5) is 0 Å². The van der Waals surface area contributed by atoms with E-state index in [1.807, 2.05) is 12.4 Å². The summed E-state index contributed by atoms with van der Waals surface area (Å²) in [5, 5.41) is 3.25. The molecule has 0 fully saturated rings. The Labute approximate surface area is 116 Å². The van der Waals surface area contributed by atoms with E-state index in [4.69, 9.17) is 5.73 Å². The quantitative estimate of drug-likeness (QED) is 0.937. The molecular formula is C13H19N3S2. The molecule has 0 bridgehead atoms. The van der Waals surface area contributed by atoms with Gasteiger partial charge in [-0.25, -0.2) is 9.97 Å². The lowest BCUT2D eigenvalue weighted by Gasteiger charge is -2.14. The van der Waals surface area contributed by atoms with Crippen molar-refractivity contribution in [2.45, 2.75) is 45.6 Å². The molecule has 2 aromatic heterocycles. The lowest BCUT2D eigenvalue weighted by Crippen LogP contribution is -2.14. The SMILES string of the molecule is Cc1ncsc1C(N)Cc1nc(C(C)(C)C)cs1. The van der Waals surface area contributed by atoms with Crippen molar-refractivity contribution < 1.29 is 0 Å². The first-order valence-corrected chi connectivity index (χ1v) is 7.74. The van der Waals surface area contributed by atoms with Gasteiger partial charge in [0.2, 0.25) is 0 Å². The van der Waals surface area contributed by atoms with Crippen molar-refractivity contribution in [1.29, 1.82) is 0 Å². The lowest BCUT2D eigenvalue weighted by atomic mass is 9.93. The smallest absolute Gasteiger partial charge is 0.0947 e. The molecule has 0 amide bonds. The van der Waals surface area contributed by atoms with Crippen LogP contribution in [0.15, 0.2) is 10.9 Å². The van der Waals surface area contributed by atoms with Crippen molar-refractivity contribution in [3.8, 4) is 0 Å². The van der Waals surface area contributed by atoms with E-state index in [0.717, 1.165) is 22.8 Å². The molecule has 2 aromatic rings. The molecule has 0 spiro atoms. The fourth-order valence-electron chi connectivity index (χ4n) is 1.70. The molecule has 5 heteroatoms. The van der Waals surface area contributed by atoms with Gasteiger partial charge < -0.3 is 5.73 Å². The fourth-order valence-corrected chi connectivity index (χ4v) is 3.58. The molecule has 0 aliphatic carbocycles. The van der Waals surface area contributed by atoms with Crippen LogP contribution in [0.2, 0.25) is 0 Å². The van der Waals surface area contributed by atoms with Gasteiger partial charge in [0.25, 0.3) is 0 Å². The lowest BCUT2D eigenvalue weighted by molar-refractivity contribution is 0.569. The van der Waals surface area contributed by atoms with E-state index in [9.17, 15) is 0 Å². The molecule has 0 saturated carbocycles. The second-order valence-electron chi connectivity index (χ2n) is 5.49. The van der Waals surface area contributed by atoms with E-state index in [1.165, 1.54) is 4.88 Å². The summed E-state index contributed by atoms with van der Waals surface area (Å²) in [7, 11) is 0. The monoisotopic (exact) mass is 281 g/mol. The van der Waals surface area contributed by atoms with Gasteiger partial charge in [-0.15, -0.1) is 22.7 Å². The Morgan fingerprint density at radius 3 is 2.56 bits per heavy atom. The molecule has 1 unspecified atom stereocenters. The maximum Gasteiger partial charge on any atom is 0.0947 e. The first kappa shape index (κ1) is 13.6. The standard InChI is InChI=1S/C13H19N3S2/c1-8-12(18-7-15-8)9(14)5-11-16-10(6-17-11)13(2,3)4/h6-7,9H,5,14H2,1-4H3. The zero-order chi connectivity index (χ0) is 13.3. The minimum absolute atomic E-state index is 0.0106. The Hall–Kier alpha value is -0.780. The summed E-state index contributed by atoms with van der Waals surface area (Å²) in [5.74, 6) is 0. The van der Waals surface area contributed by atoms with Crippen LogP contribution in [0.3, 0.4) is 0 Å². The largest absolute Gasteiger partial charge is 0.323 e. The predicted octanol–water partition coefficient (Wildman–Crippen LogP) is 3.45. The van der Waals surface area contributed by atoms with E-state index in [-0.39, 0.29) is 11.5 Å². The van der Waals surface area contributed by atoms with Gasteiger partial charge in [0, 0.05) is 28.1 Å². The summed E-state index contributed by atoms with van der Waals surface area (Å²) < 4.78 is 0. The molecule has 3 nitrogen and oxygen atoms in total. The Morgan fingerprint density at radius 1 is 1.33 bits per heavy atom. The highest BCUT2D eigenvalue weighted by Crippen LogP contribution is 2.27. The van der Waals surface area contributed by atoms with Crippen molar-refractivity contribution in [2.24, 2.45) is 5.73 Å². The molecule has 0 saturated heterocycles. The maximum absolute atomic E-state index is 6.23. The highest BCUT2D eigenvalue weighted by atomic mass is 32.1. The summed E-state index contributed by atoms with van der Waals surface area (Å²) in [6.45, 7) is 8.55. The van der Waals surface area contributed by atoms with Crippen molar-refractivity contribution in [3.05, 3.63) is 32.2 Å². The number of thiazole rings is 2. The van der Waals surface area contributed by atoms with Crippen molar-refractivity contribution in [2.75, 3.05) is 0 Å². The van der Waals surface area contributed by atoms with Crippen LogP contribution >= 0.6 is 22.7 Å². The summed E-state index contributed by atoms with van der Waals surface area (Å²) >= 11 is 3.33. The Kier molecular flexibility index (Phi) is 3.84. The molecule has 0 radical (unpaired) electrons. The molecule has 1 atom stereocenters. The summed E-state index contributed by atoms with van der Waals surface area (Å²) in [6, 6.07) is 0.0106. The number of aromatic nitrogens is 2. The van der Waals surface area contributed by atoms with Gasteiger partial charge in [0.05, 0.1) is 21.9 Å².